The zero-order chi connectivity index (χ0) is 10.7. The zero-order valence-electron chi connectivity index (χ0n) is 8.83. The molecule has 4 heteroatoms. The van der Waals surface area contributed by atoms with Gasteiger partial charge in [-0.2, -0.15) is 0 Å². The summed E-state index contributed by atoms with van der Waals surface area (Å²) < 4.78 is 22.7. The van der Waals surface area contributed by atoms with Gasteiger partial charge in [-0.1, -0.05) is 19.8 Å². The molecule has 0 bridgehead atoms. The molecule has 14 heavy (non-hydrogen) atoms. The molecule has 0 atom stereocenters. The predicted molar refractivity (Wildman–Crippen MR) is 56.9 cm³/mol. The molecule has 0 aromatic rings. The Morgan fingerprint density at radius 2 is 1.86 bits per heavy atom. The monoisotopic (exact) mass is 220 g/mol. The van der Waals surface area contributed by atoms with Crippen LogP contribution in [0.4, 0.5) is 0 Å². The van der Waals surface area contributed by atoms with Crippen LogP contribution in [0.5, 0.6) is 0 Å². The van der Waals surface area contributed by atoms with E-state index in [4.69, 9.17) is 0 Å². The highest BCUT2D eigenvalue weighted by Gasteiger charge is 2.33. The molecule has 1 saturated carbocycles. The first-order valence-corrected chi connectivity index (χ1v) is 7.17. The molecular weight excluding hydrogens is 200 g/mol. The first-order chi connectivity index (χ1) is 6.54. The summed E-state index contributed by atoms with van der Waals surface area (Å²) in [4.78, 5) is 0. The third-order valence-electron chi connectivity index (χ3n) is 3.38. The van der Waals surface area contributed by atoms with Crippen LogP contribution in [0.2, 0.25) is 0 Å². The first kappa shape index (κ1) is 12.0. The van der Waals surface area contributed by atoms with Crippen molar-refractivity contribution in [3.8, 4) is 0 Å². The topological polar surface area (TPSA) is 54.4 Å². The molecule has 0 amide bonds. The number of rotatable bonds is 5. The highest BCUT2D eigenvalue weighted by molar-refractivity contribution is 7.91. The van der Waals surface area contributed by atoms with Crippen molar-refractivity contribution in [3.63, 3.8) is 0 Å². The van der Waals surface area contributed by atoms with Gasteiger partial charge >= 0.3 is 0 Å². The molecule has 0 radical (unpaired) electrons. The maximum atomic E-state index is 11.3. The molecule has 1 aliphatic carbocycles. The van der Waals surface area contributed by atoms with Crippen LogP contribution in [0.1, 0.15) is 39.0 Å². The summed E-state index contributed by atoms with van der Waals surface area (Å²) in [6.45, 7) is 1.82. The third-order valence-corrected chi connectivity index (χ3v) is 5.09. The molecule has 1 N–H and O–H groups in total. The van der Waals surface area contributed by atoms with Crippen LogP contribution in [0.25, 0.3) is 0 Å². The molecular formula is C10H20O3S. The normalized spacial score (nSPS) is 21.3. The fourth-order valence-corrected chi connectivity index (χ4v) is 3.16. The minimum atomic E-state index is -2.87. The van der Waals surface area contributed by atoms with E-state index >= 15 is 0 Å². The van der Waals surface area contributed by atoms with Gasteiger partial charge in [-0.25, -0.2) is 8.42 Å². The number of sulfone groups is 1. The SMILES string of the molecule is CCS(=O)(=O)CCC1(CO)CCCC1. The standard InChI is InChI=1S/C10H20O3S/c1-2-14(12,13)8-7-10(9-11)5-3-4-6-10/h11H,2-9H2,1H3. The van der Waals surface area contributed by atoms with E-state index in [0.717, 1.165) is 25.7 Å². The fraction of sp³-hybridized carbons (Fsp3) is 1.00. The Bertz CT molecular complexity index is 263. The predicted octanol–water partition coefficient (Wildman–Crippen LogP) is 1.36. The highest BCUT2D eigenvalue weighted by atomic mass is 32.2. The van der Waals surface area contributed by atoms with E-state index in [9.17, 15) is 13.5 Å². The summed E-state index contributed by atoms with van der Waals surface area (Å²) in [7, 11) is -2.87. The molecule has 1 fully saturated rings. The van der Waals surface area contributed by atoms with Crippen LogP contribution >= 0.6 is 0 Å². The van der Waals surface area contributed by atoms with Gasteiger partial charge in [0, 0.05) is 12.4 Å². The van der Waals surface area contributed by atoms with Crippen LogP contribution in [-0.4, -0.2) is 31.6 Å². The molecule has 84 valence electrons. The highest BCUT2D eigenvalue weighted by Crippen LogP contribution is 2.40. The van der Waals surface area contributed by atoms with Crippen molar-refractivity contribution in [3.05, 3.63) is 0 Å². The summed E-state index contributed by atoms with van der Waals surface area (Å²) in [5.41, 5.74) is -0.0811. The lowest BCUT2D eigenvalue weighted by Gasteiger charge is -2.25. The van der Waals surface area contributed by atoms with Crippen molar-refractivity contribution < 1.29 is 13.5 Å². The Hall–Kier alpha value is -0.0900. The molecule has 0 aromatic heterocycles. The molecule has 1 aliphatic rings. The maximum absolute atomic E-state index is 11.3. The van der Waals surface area contributed by atoms with Crippen LogP contribution in [0.3, 0.4) is 0 Å². The van der Waals surface area contributed by atoms with E-state index < -0.39 is 9.84 Å². The summed E-state index contributed by atoms with van der Waals surface area (Å²) in [5, 5.41) is 9.29. The largest absolute Gasteiger partial charge is 0.396 e. The van der Waals surface area contributed by atoms with Crippen LogP contribution in [0, 0.1) is 5.41 Å². The second-order valence-electron chi connectivity index (χ2n) is 4.35. The van der Waals surface area contributed by atoms with Gasteiger partial charge in [-0.3, -0.25) is 0 Å². The van der Waals surface area contributed by atoms with Gasteiger partial charge in [0.25, 0.3) is 0 Å². The van der Waals surface area contributed by atoms with Crippen LogP contribution in [-0.2, 0) is 9.84 Å². The van der Waals surface area contributed by atoms with Gasteiger partial charge in [0.15, 0.2) is 0 Å². The minimum Gasteiger partial charge on any atom is -0.396 e. The number of aliphatic hydroxyl groups is 1. The molecule has 3 nitrogen and oxygen atoms in total. The lowest BCUT2D eigenvalue weighted by molar-refractivity contribution is 0.127. The smallest absolute Gasteiger partial charge is 0.150 e. The van der Waals surface area contributed by atoms with E-state index in [1.54, 1.807) is 6.92 Å². The summed E-state index contributed by atoms with van der Waals surface area (Å²) >= 11 is 0. The van der Waals surface area contributed by atoms with Gasteiger partial charge in [-0.15, -0.1) is 0 Å². The van der Waals surface area contributed by atoms with Gasteiger partial charge in [-0.05, 0) is 24.7 Å². The summed E-state index contributed by atoms with van der Waals surface area (Å²) in [6.07, 6.45) is 4.88. The molecule has 0 spiro atoms. The van der Waals surface area contributed by atoms with Crippen molar-refractivity contribution in [2.75, 3.05) is 18.1 Å². The van der Waals surface area contributed by atoms with Gasteiger partial charge in [0.1, 0.15) is 9.84 Å². The van der Waals surface area contributed by atoms with Gasteiger partial charge in [0.2, 0.25) is 0 Å². The molecule has 0 heterocycles. The zero-order valence-corrected chi connectivity index (χ0v) is 9.65. The second-order valence-corrected chi connectivity index (χ2v) is 6.82. The average Bonchev–Trinajstić information content (AvgIpc) is 2.65. The van der Waals surface area contributed by atoms with Gasteiger partial charge < -0.3 is 5.11 Å². The molecule has 0 saturated heterocycles. The van der Waals surface area contributed by atoms with Crippen molar-refractivity contribution in [1.29, 1.82) is 0 Å². The molecule has 0 aromatic carbocycles. The van der Waals surface area contributed by atoms with Crippen LogP contribution in [0.15, 0.2) is 0 Å². The van der Waals surface area contributed by atoms with Crippen LogP contribution < -0.4 is 0 Å². The number of hydrogen-bond donors (Lipinski definition) is 1. The van der Waals surface area contributed by atoms with E-state index in [1.807, 2.05) is 0 Å². The lowest BCUT2D eigenvalue weighted by Crippen LogP contribution is -2.25. The average molecular weight is 220 g/mol. The first-order valence-electron chi connectivity index (χ1n) is 5.35. The number of aliphatic hydroxyl groups excluding tert-OH is 1. The molecule has 0 unspecified atom stereocenters. The minimum absolute atomic E-state index is 0.0811. The quantitative estimate of drug-likeness (QED) is 0.761. The Morgan fingerprint density at radius 1 is 1.29 bits per heavy atom. The van der Waals surface area contributed by atoms with E-state index in [2.05, 4.69) is 0 Å². The van der Waals surface area contributed by atoms with E-state index in [1.165, 1.54) is 0 Å². The molecule has 1 rings (SSSR count). The van der Waals surface area contributed by atoms with Crippen molar-refractivity contribution in [1.82, 2.24) is 0 Å². The Kier molecular flexibility index (Phi) is 3.95. The second kappa shape index (κ2) is 4.62. The third kappa shape index (κ3) is 2.95. The number of hydrogen-bond acceptors (Lipinski definition) is 3. The van der Waals surface area contributed by atoms with Gasteiger partial charge in [0.05, 0.1) is 5.75 Å². The van der Waals surface area contributed by atoms with E-state index in [-0.39, 0.29) is 23.5 Å². The molecule has 0 aliphatic heterocycles. The fourth-order valence-electron chi connectivity index (χ4n) is 2.13. The van der Waals surface area contributed by atoms with Crippen molar-refractivity contribution in [2.45, 2.75) is 39.0 Å². The Morgan fingerprint density at radius 3 is 2.29 bits per heavy atom. The summed E-state index contributed by atoms with van der Waals surface area (Å²) in [5.74, 6) is 0.457. The van der Waals surface area contributed by atoms with Crippen molar-refractivity contribution >= 4 is 9.84 Å². The van der Waals surface area contributed by atoms with Crippen molar-refractivity contribution in [2.24, 2.45) is 5.41 Å². The Balaban J connectivity index is 2.50. The maximum Gasteiger partial charge on any atom is 0.150 e. The summed E-state index contributed by atoms with van der Waals surface area (Å²) in [6, 6.07) is 0. The lowest BCUT2D eigenvalue weighted by atomic mass is 9.84. The van der Waals surface area contributed by atoms with E-state index in [0.29, 0.717) is 6.42 Å². The Labute approximate surface area is 86.4 Å².